The third-order valence-corrected chi connectivity index (χ3v) is 3.94. The average Bonchev–Trinajstić information content (AvgIpc) is 2.36. The van der Waals surface area contributed by atoms with Gasteiger partial charge in [-0.2, -0.15) is 26.3 Å². The minimum Gasteiger partial charge on any atom is -0.478 e. The molecule has 0 aromatic rings. The predicted octanol–water partition coefficient (Wildman–Crippen LogP) is 2.95. The van der Waals surface area contributed by atoms with E-state index >= 15 is 0 Å². The lowest BCUT2D eigenvalue weighted by molar-refractivity contribution is -0.219. The van der Waals surface area contributed by atoms with Crippen molar-refractivity contribution < 1.29 is 46.1 Å². The van der Waals surface area contributed by atoms with Crippen LogP contribution in [0.2, 0.25) is 0 Å². The summed E-state index contributed by atoms with van der Waals surface area (Å²) in [6.07, 6.45) is -11.5. The number of likely N-dealkylation sites (N-methyl/N-ethyl adjacent to an activating group) is 1. The molecule has 1 aliphatic rings. The van der Waals surface area contributed by atoms with Gasteiger partial charge in [-0.05, 0) is 18.9 Å². The van der Waals surface area contributed by atoms with Crippen LogP contribution in [0.4, 0.5) is 26.3 Å². The van der Waals surface area contributed by atoms with Crippen LogP contribution in [0, 0.1) is 0 Å². The normalized spacial score (nSPS) is 23.0. The number of hydrogen-bond acceptors (Lipinski definition) is 3. The molecule has 0 bridgehead atoms. The van der Waals surface area contributed by atoms with Crippen LogP contribution >= 0.6 is 0 Å². The van der Waals surface area contributed by atoms with E-state index in [1.54, 1.807) is 0 Å². The van der Waals surface area contributed by atoms with Crippen LogP contribution in [-0.2, 0) is 9.59 Å². The van der Waals surface area contributed by atoms with Crippen molar-refractivity contribution in [2.75, 3.05) is 7.05 Å². The summed E-state index contributed by atoms with van der Waals surface area (Å²) in [6, 6.07) is 0. The van der Waals surface area contributed by atoms with Gasteiger partial charge in [0.1, 0.15) is 5.70 Å². The highest BCUT2D eigenvalue weighted by Crippen LogP contribution is 2.51. The first kappa shape index (κ1) is 19.8. The van der Waals surface area contributed by atoms with Crippen molar-refractivity contribution in [3.05, 3.63) is 22.4 Å². The van der Waals surface area contributed by atoms with Gasteiger partial charge < -0.3 is 15.1 Å². The SMILES string of the molecule is CCC1=C(C(=O)O)C(C)(C(F)(F)F)N(C)C(C(F)(F)F)=C1C(=O)O. The van der Waals surface area contributed by atoms with Crippen molar-refractivity contribution in [3.63, 3.8) is 0 Å². The minimum absolute atomic E-state index is 0.274. The fraction of sp³-hybridized carbons (Fsp3) is 0.538. The largest absolute Gasteiger partial charge is 0.478 e. The second kappa shape index (κ2) is 5.71. The molecule has 1 heterocycles. The lowest BCUT2D eigenvalue weighted by Gasteiger charge is -2.47. The second-order valence-electron chi connectivity index (χ2n) is 5.17. The van der Waals surface area contributed by atoms with Crippen LogP contribution in [0.15, 0.2) is 22.4 Å². The molecule has 0 aromatic carbocycles. The van der Waals surface area contributed by atoms with E-state index in [2.05, 4.69) is 0 Å². The van der Waals surface area contributed by atoms with Gasteiger partial charge in [0.25, 0.3) is 0 Å². The molecule has 0 spiro atoms. The van der Waals surface area contributed by atoms with Gasteiger partial charge in [-0.1, -0.05) is 6.92 Å². The fourth-order valence-corrected chi connectivity index (χ4v) is 2.71. The molecule has 0 amide bonds. The summed E-state index contributed by atoms with van der Waals surface area (Å²) < 4.78 is 80.3. The van der Waals surface area contributed by atoms with Crippen molar-refractivity contribution in [1.29, 1.82) is 0 Å². The van der Waals surface area contributed by atoms with Gasteiger partial charge in [-0.25, -0.2) is 9.59 Å². The molecule has 1 unspecified atom stereocenters. The predicted molar refractivity (Wildman–Crippen MR) is 67.9 cm³/mol. The molecule has 0 aliphatic carbocycles. The molecular formula is C13H13F6NO4. The highest BCUT2D eigenvalue weighted by atomic mass is 19.4. The van der Waals surface area contributed by atoms with Crippen LogP contribution < -0.4 is 0 Å². The van der Waals surface area contributed by atoms with Crippen LogP contribution in [0.1, 0.15) is 20.3 Å². The number of hydrogen-bond donors (Lipinski definition) is 2. The lowest BCUT2D eigenvalue weighted by Crippen LogP contribution is -2.61. The summed E-state index contributed by atoms with van der Waals surface area (Å²) >= 11 is 0. The van der Waals surface area contributed by atoms with Crippen LogP contribution in [-0.4, -0.2) is 52.0 Å². The Morgan fingerprint density at radius 3 is 1.79 bits per heavy atom. The van der Waals surface area contributed by atoms with Crippen molar-refractivity contribution in [2.45, 2.75) is 38.2 Å². The quantitative estimate of drug-likeness (QED) is 0.756. The van der Waals surface area contributed by atoms with E-state index in [1.807, 2.05) is 0 Å². The molecule has 0 radical (unpaired) electrons. The van der Waals surface area contributed by atoms with Crippen molar-refractivity contribution in [2.24, 2.45) is 0 Å². The van der Waals surface area contributed by atoms with Gasteiger partial charge in [0, 0.05) is 7.05 Å². The number of allylic oxidation sites excluding steroid dienone is 1. The molecule has 0 saturated heterocycles. The Morgan fingerprint density at radius 1 is 1.08 bits per heavy atom. The van der Waals surface area contributed by atoms with E-state index in [0.717, 1.165) is 6.92 Å². The highest BCUT2D eigenvalue weighted by Gasteiger charge is 2.64. The molecular weight excluding hydrogens is 348 g/mol. The number of alkyl halides is 6. The van der Waals surface area contributed by atoms with Crippen LogP contribution in [0.3, 0.4) is 0 Å². The maximum atomic E-state index is 13.5. The Hall–Kier alpha value is -2.20. The number of carboxylic acid groups (broad SMARTS) is 2. The molecule has 0 fully saturated rings. The minimum atomic E-state index is -5.43. The van der Waals surface area contributed by atoms with Gasteiger partial charge in [0.15, 0.2) is 5.54 Å². The molecule has 0 aromatic heterocycles. The van der Waals surface area contributed by atoms with Crippen LogP contribution in [0.25, 0.3) is 0 Å². The van der Waals surface area contributed by atoms with Gasteiger partial charge in [-0.15, -0.1) is 0 Å². The van der Waals surface area contributed by atoms with E-state index in [-0.39, 0.29) is 11.8 Å². The second-order valence-corrected chi connectivity index (χ2v) is 5.17. The third-order valence-electron chi connectivity index (χ3n) is 3.94. The first-order valence-electron chi connectivity index (χ1n) is 6.44. The van der Waals surface area contributed by atoms with Crippen LogP contribution in [0.5, 0.6) is 0 Å². The van der Waals surface area contributed by atoms with Gasteiger partial charge in [0.2, 0.25) is 0 Å². The Morgan fingerprint density at radius 2 is 1.54 bits per heavy atom. The Bertz CT molecular complexity index is 646. The number of nitrogens with zero attached hydrogens (tertiary/aromatic N) is 1. The van der Waals surface area contributed by atoms with E-state index in [9.17, 15) is 35.9 Å². The Labute approximate surface area is 131 Å². The van der Waals surface area contributed by atoms with Gasteiger partial charge in [-0.3, -0.25) is 0 Å². The van der Waals surface area contributed by atoms with Crippen molar-refractivity contribution in [1.82, 2.24) is 4.90 Å². The van der Waals surface area contributed by atoms with Crippen molar-refractivity contribution >= 4 is 11.9 Å². The molecule has 1 aliphatic heterocycles. The standard InChI is InChI=1S/C13H13F6NO4/c1-4-5-6(9(21)22)8(12(14,15)16)20(3)11(2,13(17,18)19)7(5)10(23)24/h4H2,1-3H3,(H,21,22)(H,23,24). The number of rotatable bonds is 3. The number of halogens is 6. The smallest absolute Gasteiger partial charge is 0.432 e. The summed E-state index contributed by atoms with van der Waals surface area (Å²) in [5, 5.41) is 18.2. The maximum absolute atomic E-state index is 13.5. The van der Waals surface area contributed by atoms with E-state index in [4.69, 9.17) is 10.2 Å². The highest BCUT2D eigenvalue weighted by molar-refractivity contribution is 6.00. The fourth-order valence-electron chi connectivity index (χ4n) is 2.71. The third kappa shape index (κ3) is 2.71. The monoisotopic (exact) mass is 361 g/mol. The zero-order valence-electron chi connectivity index (χ0n) is 12.6. The molecule has 136 valence electrons. The van der Waals surface area contributed by atoms with E-state index in [0.29, 0.717) is 7.05 Å². The van der Waals surface area contributed by atoms with Gasteiger partial charge in [0.05, 0.1) is 11.1 Å². The molecule has 24 heavy (non-hydrogen) atoms. The molecule has 5 nitrogen and oxygen atoms in total. The summed E-state index contributed by atoms with van der Waals surface area (Å²) in [5.74, 6) is -4.30. The van der Waals surface area contributed by atoms with E-state index < -0.39 is 58.7 Å². The summed E-state index contributed by atoms with van der Waals surface area (Å²) in [4.78, 5) is 22.3. The molecule has 2 N–H and O–H groups in total. The first-order valence-corrected chi connectivity index (χ1v) is 6.44. The summed E-state index contributed by atoms with van der Waals surface area (Å²) in [5.41, 5.74) is -9.54. The Kier molecular flexibility index (Phi) is 4.72. The number of aliphatic carboxylic acids is 2. The average molecular weight is 361 g/mol. The first-order chi connectivity index (χ1) is 10.6. The topological polar surface area (TPSA) is 77.8 Å². The molecule has 11 heteroatoms. The molecule has 1 atom stereocenters. The Balaban J connectivity index is 4.11. The number of carbonyl (C=O) groups is 2. The number of carboxylic acids is 2. The maximum Gasteiger partial charge on any atom is 0.432 e. The molecule has 1 rings (SSSR count). The summed E-state index contributed by atoms with van der Waals surface area (Å²) in [7, 11) is 0.370. The van der Waals surface area contributed by atoms with Gasteiger partial charge >= 0.3 is 24.3 Å². The zero-order chi connectivity index (χ0) is 19.2. The van der Waals surface area contributed by atoms with E-state index in [1.165, 1.54) is 0 Å². The summed E-state index contributed by atoms with van der Waals surface area (Å²) in [6.45, 7) is 1.35. The molecule has 0 saturated carbocycles. The van der Waals surface area contributed by atoms with Crippen molar-refractivity contribution in [3.8, 4) is 0 Å². The zero-order valence-corrected chi connectivity index (χ0v) is 12.6. The lowest BCUT2D eigenvalue weighted by atomic mass is 9.77.